The summed E-state index contributed by atoms with van der Waals surface area (Å²) >= 11 is 1.43. The lowest BCUT2D eigenvalue weighted by atomic mass is 9.81. The molecule has 1 saturated carbocycles. The number of carboxylic acids is 1. The molecule has 0 atom stereocenters. The highest BCUT2D eigenvalue weighted by Gasteiger charge is 2.40. The second kappa shape index (κ2) is 5.48. The van der Waals surface area contributed by atoms with Gasteiger partial charge in [0.05, 0.1) is 17.6 Å². The second-order valence-corrected chi connectivity index (χ2v) is 5.37. The molecule has 1 amide bonds. The molecule has 1 aliphatic carbocycles. The van der Waals surface area contributed by atoms with Crippen molar-refractivity contribution in [1.82, 2.24) is 10.3 Å². The number of nitrogens with zero attached hydrogens (tertiary/aromatic N) is 1. The third-order valence-electron chi connectivity index (χ3n) is 3.32. The molecule has 0 saturated heterocycles. The Morgan fingerprint density at radius 2 is 2.11 bits per heavy atom. The second-order valence-electron chi connectivity index (χ2n) is 4.65. The number of rotatable bonds is 4. The Bertz CT molecular complexity index is 425. The number of carboxylic acid groups (broad SMARTS) is 1. The van der Waals surface area contributed by atoms with Gasteiger partial charge in [-0.15, -0.1) is 11.3 Å². The summed E-state index contributed by atoms with van der Waals surface area (Å²) in [6.07, 6.45) is 3.93. The summed E-state index contributed by atoms with van der Waals surface area (Å²) in [6, 6.07) is 0. The van der Waals surface area contributed by atoms with Crippen LogP contribution in [0.3, 0.4) is 0 Å². The van der Waals surface area contributed by atoms with Crippen molar-refractivity contribution in [1.29, 1.82) is 0 Å². The molecule has 0 aliphatic heterocycles. The summed E-state index contributed by atoms with van der Waals surface area (Å²) in [5.41, 5.74) is 1.29. The van der Waals surface area contributed by atoms with Gasteiger partial charge in [0.15, 0.2) is 0 Å². The maximum Gasteiger partial charge on any atom is 0.329 e. The number of amides is 1. The molecule has 0 unspecified atom stereocenters. The Labute approximate surface area is 109 Å². The average Bonchev–Trinajstić information content (AvgIpc) is 2.82. The van der Waals surface area contributed by atoms with E-state index < -0.39 is 11.5 Å². The number of carbonyl (C=O) groups excluding carboxylic acids is 1. The van der Waals surface area contributed by atoms with Crippen LogP contribution < -0.4 is 5.32 Å². The van der Waals surface area contributed by atoms with Crippen LogP contribution in [0.4, 0.5) is 0 Å². The van der Waals surface area contributed by atoms with E-state index in [1.54, 1.807) is 10.9 Å². The van der Waals surface area contributed by atoms with Crippen LogP contribution in [0.1, 0.15) is 37.8 Å². The summed E-state index contributed by atoms with van der Waals surface area (Å²) < 4.78 is 0. The molecular weight excluding hydrogens is 252 g/mol. The minimum atomic E-state index is -1.06. The number of hydrogen-bond acceptors (Lipinski definition) is 4. The van der Waals surface area contributed by atoms with Crippen LogP contribution in [0.5, 0.6) is 0 Å². The number of aliphatic carboxylic acids is 1. The molecule has 2 rings (SSSR count). The SMILES string of the molecule is O=C(Cc1cscn1)NC1(C(=O)O)CCCCC1. The lowest BCUT2D eigenvalue weighted by Gasteiger charge is -2.33. The summed E-state index contributed by atoms with van der Waals surface area (Å²) in [4.78, 5) is 27.3. The topological polar surface area (TPSA) is 79.3 Å². The molecule has 0 bridgehead atoms. The number of thiazole rings is 1. The van der Waals surface area contributed by atoms with E-state index in [9.17, 15) is 14.7 Å². The fourth-order valence-corrected chi connectivity index (χ4v) is 2.91. The van der Waals surface area contributed by atoms with Crippen LogP contribution in [0.25, 0.3) is 0 Å². The first-order valence-corrected chi connectivity index (χ1v) is 6.98. The predicted octanol–water partition coefficient (Wildman–Crippen LogP) is 1.59. The molecule has 98 valence electrons. The summed E-state index contributed by atoms with van der Waals surface area (Å²) in [7, 11) is 0. The van der Waals surface area contributed by atoms with E-state index in [-0.39, 0.29) is 12.3 Å². The maximum atomic E-state index is 11.9. The molecule has 2 N–H and O–H groups in total. The molecule has 1 aromatic rings. The molecule has 1 heterocycles. The lowest BCUT2D eigenvalue weighted by Crippen LogP contribution is -2.56. The van der Waals surface area contributed by atoms with E-state index in [1.165, 1.54) is 11.3 Å². The van der Waals surface area contributed by atoms with E-state index in [1.807, 2.05) is 0 Å². The van der Waals surface area contributed by atoms with Gasteiger partial charge in [0.25, 0.3) is 0 Å². The van der Waals surface area contributed by atoms with Gasteiger partial charge < -0.3 is 10.4 Å². The summed E-state index contributed by atoms with van der Waals surface area (Å²) in [5.74, 6) is -1.18. The third-order valence-corrected chi connectivity index (χ3v) is 3.96. The van der Waals surface area contributed by atoms with Crippen molar-refractivity contribution in [2.75, 3.05) is 0 Å². The third kappa shape index (κ3) is 2.87. The van der Waals surface area contributed by atoms with Crippen LogP contribution >= 0.6 is 11.3 Å². The van der Waals surface area contributed by atoms with Crippen LogP contribution in [-0.2, 0) is 16.0 Å². The van der Waals surface area contributed by atoms with E-state index in [2.05, 4.69) is 10.3 Å². The highest BCUT2D eigenvalue weighted by molar-refractivity contribution is 7.07. The Kier molecular flexibility index (Phi) is 3.96. The van der Waals surface area contributed by atoms with Crippen molar-refractivity contribution < 1.29 is 14.7 Å². The Morgan fingerprint density at radius 3 is 2.67 bits per heavy atom. The quantitative estimate of drug-likeness (QED) is 0.869. The van der Waals surface area contributed by atoms with Gasteiger partial charge in [-0.05, 0) is 12.8 Å². The zero-order valence-corrected chi connectivity index (χ0v) is 10.8. The molecule has 0 radical (unpaired) electrons. The first-order chi connectivity index (χ1) is 8.62. The van der Waals surface area contributed by atoms with Gasteiger partial charge >= 0.3 is 5.97 Å². The number of nitrogens with one attached hydrogen (secondary N) is 1. The van der Waals surface area contributed by atoms with Crippen LogP contribution in [0.2, 0.25) is 0 Å². The largest absolute Gasteiger partial charge is 0.480 e. The lowest BCUT2D eigenvalue weighted by molar-refractivity contribution is -0.149. The van der Waals surface area contributed by atoms with E-state index in [0.29, 0.717) is 18.5 Å². The van der Waals surface area contributed by atoms with E-state index >= 15 is 0 Å². The zero-order chi connectivity index (χ0) is 13.0. The van der Waals surface area contributed by atoms with Gasteiger partial charge in [-0.25, -0.2) is 9.78 Å². The Balaban J connectivity index is 2.00. The molecule has 0 spiro atoms. The van der Waals surface area contributed by atoms with E-state index in [4.69, 9.17) is 0 Å². The first-order valence-electron chi connectivity index (χ1n) is 6.04. The monoisotopic (exact) mass is 268 g/mol. The van der Waals surface area contributed by atoms with Crippen LogP contribution in [0, 0.1) is 0 Å². The van der Waals surface area contributed by atoms with Crippen molar-refractivity contribution in [3.8, 4) is 0 Å². The summed E-state index contributed by atoms with van der Waals surface area (Å²) in [6.45, 7) is 0. The maximum absolute atomic E-state index is 11.9. The standard InChI is InChI=1S/C12H16N2O3S/c15-10(6-9-7-18-8-13-9)14-12(11(16)17)4-2-1-3-5-12/h7-8H,1-6H2,(H,14,15)(H,16,17). The molecule has 18 heavy (non-hydrogen) atoms. The van der Waals surface area contributed by atoms with Crippen LogP contribution in [0.15, 0.2) is 10.9 Å². The molecule has 1 aliphatic rings. The molecule has 1 fully saturated rings. The zero-order valence-electron chi connectivity index (χ0n) is 10.0. The summed E-state index contributed by atoms with van der Waals surface area (Å²) in [5, 5.41) is 13.8. The number of hydrogen-bond donors (Lipinski definition) is 2. The molecular formula is C12H16N2O3S. The van der Waals surface area contributed by atoms with Crippen molar-refractivity contribution in [2.24, 2.45) is 0 Å². The van der Waals surface area contributed by atoms with Crippen LogP contribution in [-0.4, -0.2) is 27.5 Å². The van der Waals surface area contributed by atoms with Gasteiger partial charge in [-0.3, -0.25) is 4.79 Å². The average molecular weight is 268 g/mol. The van der Waals surface area contributed by atoms with Crippen molar-refractivity contribution in [3.05, 3.63) is 16.6 Å². The van der Waals surface area contributed by atoms with Crippen molar-refractivity contribution in [2.45, 2.75) is 44.1 Å². The van der Waals surface area contributed by atoms with Crippen molar-refractivity contribution >= 4 is 23.2 Å². The minimum Gasteiger partial charge on any atom is -0.480 e. The Hall–Kier alpha value is -1.43. The fraction of sp³-hybridized carbons (Fsp3) is 0.583. The first kappa shape index (κ1) is 13.0. The minimum absolute atomic E-state index is 0.151. The van der Waals surface area contributed by atoms with Gasteiger partial charge in [0.2, 0.25) is 5.91 Å². The molecule has 1 aromatic heterocycles. The number of carbonyl (C=O) groups is 2. The van der Waals surface area contributed by atoms with Crippen molar-refractivity contribution in [3.63, 3.8) is 0 Å². The molecule has 0 aromatic carbocycles. The normalized spacial score (nSPS) is 18.2. The predicted molar refractivity (Wildman–Crippen MR) is 67.4 cm³/mol. The smallest absolute Gasteiger partial charge is 0.329 e. The highest BCUT2D eigenvalue weighted by atomic mass is 32.1. The Morgan fingerprint density at radius 1 is 1.39 bits per heavy atom. The molecule has 6 heteroatoms. The van der Waals surface area contributed by atoms with Gasteiger partial charge in [-0.1, -0.05) is 19.3 Å². The van der Waals surface area contributed by atoms with Gasteiger partial charge in [-0.2, -0.15) is 0 Å². The van der Waals surface area contributed by atoms with Gasteiger partial charge in [0, 0.05) is 5.38 Å². The fourth-order valence-electron chi connectivity index (χ4n) is 2.35. The highest BCUT2D eigenvalue weighted by Crippen LogP contribution is 2.28. The van der Waals surface area contributed by atoms with Gasteiger partial charge in [0.1, 0.15) is 5.54 Å². The molecule has 5 nitrogen and oxygen atoms in total. The van der Waals surface area contributed by atoms with E-state index in [0.717, 1.165) is 19.3 Å². The number of aromatic nitrogens is 1.